The molecular weight excluding hydrogens is 245 g/mol. The van der Waals surface area contributed by atoms with Gasteiger partial charge in [0.2, 0.25) is 0 Å². The van der Waals surface area contributed by atoms with Crippen LogP contribution in [0.25, 0.3) is 11.4 Å². The summed E-state index contributed by atoms with van der Waals surface area (Å²) in [6.07, 6.45) is 0. The van der Waals surface area contributed by atoms with Gasteiger partial charge in [0, 0.05) is 29.1 Å². The Hall–Kier alpha value is -2.01. The van der Waals surface area contributed by atoms with Crippen LogP contribution in [-0.2, 0) is 6.54 Å². The quantitative estimate of drug-likeness (QED) is 0.921. The fraction of sp³-hybridized carbons (Fsp3) is 0.286. The van der Waals surface area contributed by atoms with Gasteiger partial charge in [0.1, 0.15) is 0 Å². The van der Waals surface area contributed by atoms with Crippen LogP contribution < -0.4 is 10.5 Å². The van der Waals surface area contributed by atoms with E-state index in [4.69, 9.17) is 10.5 Å². The monoisotopic (exact) mass is 261 g/mol. The number of benzene rings is 1. The minimum Gasteiger partial charge on any atom is -0.494 e. The van der Waals surface area contributed by atoms with E-state index in [0.717, 1.165) is 17.0 Å². The van der Waals surface area contributed by atoms with E-state index in [-0.39, 0.29) is 5.75 Å². The predicted molar refractivity (Wildman–Crippen MR) is 71.3 cm³/mol. The normalized spacial score (nSPS) is 10.6. The van der Waals surface area contributed by atoms with Crippen molar-refractivity contribution in [3.8, 4) is 17.1 Å². The maximum Gasteiger partial charge on any atom is 0.165 e. The molecule has 2 rings (SSSR count). The highest BCUT2D eigenvalue weighted by Crippen LogP contribution is 2.25. The lowest BCUT2D eigenvalue weighted by molar-refractivity contribution is 0.386. The second-order valence-corrected chi connectivity index (χ2v) is 4.25. The molecule has 0 bridgehead atoms. The molecule has 1 heterocycles. The van der Waals surface area contributed by atoms with Crippen LogP contribution >= 0.6 is 0 Å². The van der Waals surface area contributed by atoms with Crippen molar-refractivity contribution in [1.82, 2.24) is 9.97 Å². The minimum absolute atomic E-state index is 0.180. The summed E-state index contributed by atoms with van der Waals surface area (Å²) >= 11 is 0. The molecule has 5 heteroatoms. The van der Waals surface area contributed by atoms with Crippen molar-refractivity contribution in [3.05, 3.63) is 41.0 Å². The second-order valence-electron chi connectivity index (χ2n) is 4.25. The zero-order valence-corrected chi connectivity index (χ0v) is 11.2. The molecule has 19 heavy (non-hydrogen) atoms. The Bertz CT molecular complexity index is 591. The number of aryl methyl sites for hydroxylation is 2. The molecule has 100 valence electrons. The van der Waals surface area contributed by atoms with Gasteiger partial charge >= 0.3 is 0 Å². The summed E-state index contributed by atoms with van der Waals surface area (Å²) in [5.41, 5.74) is 9.00. The molecule has 0 amide bonds. The molecule has 0 radical (unpaired) electrons. The van der Waals surface area contributed by atoms with Crippen LogP contribution in [0.5, 0.6) is 5.75 Å². The highest BCUT2D eigenvalue weighted by atomic mass is 19.1. The Morgan fingerprint density at radius 2 is 1.84 bits per heavy atom. The summed E-state index contributed by atoms with van der Waals surface area (Å²) in [7, 11) is 1.43. The summed E-state index contributed by atoms with van der Waals surface area (Å²) in [5, 5.41) is 0. The summed E-state index contributed by atoms with van der Waals surface area (Å²) in [6, 6.07) is 4.57. The number of ether oxygens (including phenoxy) is 1. The molecule has 0 saturated carbocycles. The van der Waals surface area contributed by atoms with E-state index in [0.29, 0.717) is 17.9 Å². The number of rotatable bonds is 3. The van der Waals surface area contributed by atoms with Crippen molar-refractivity contribution in [2.45, 2.75) is 20.4 Å². The molecule has 1 aromatic heterocycles. The summed E-state index contributed by atoms with van der Waals surface area (Å²) < 4.78 is 18.3. The summed E-state index contributed by atoms with van der Waals surface area (Å²) in [4.78, 5) is 8.82. The highest BCUT2D eigenvalue weighted by Gasteiger charge is 2.11. The number of methoxy groups -OCH3 is 1. The second kappa shape index (κ2) is 5.32. The third kappa shape index (κ3) is 2.56. The molecule has 0 aliphatic heterocycles. The van der Waals surface area contributed by atoms with Crippen molar-refractivity contribution < 1.29 is 9.13 Å². The van der Waals surface area contributed by atoms with Crippen LogP contribution in [0.15, 0.2) is 18.2 Å². The van der Waals surface area contributed by atoms with Gasteiger partial charge in [-0.2, -0.15) is 0 Å². The average Bonchev–Trinajstić information content (AvgIpc) is 2.39. The fourth-order valence-corrected chi connectivity index (χ4v) is 1.96. The Labute approximate surface area is 111 Å². The van der Waals surface area contributed by atoms with E-state index in [1.807, 2.05) is 13.8 Å². The molecule has 0 unspecified atom stereocenters. The molecule has 0 spiro atoms. The maximum absolute atomic E-state index is 13.4. The molecule has 2 aromatic rings. The Morgan fingerprint density at radius 3 is 2.37 bits per heavy atom. The lowest BCUT2D eigenvalue weighted by Crippen LogP contribution is -2.07. The number of nitrogens with zero attached hydrogens (tertiary/aromatic N) is 2. The molecule has 0 fully saturated rings. The van der Waals surface area contributed by atoms with Crippen molar-refractivity contribution >= 4 is 0 Å². The molecule has 0 aliphatic carbocycles. The largest absolute Gasteiger partial charge is 0.494 e. The van der Waals surface area contributed by atoms with Gasteiger partial charge in [-0.1, -0.05) is 0 Å². The van der Waals surface area contributed by atoms with Crippen LogP contribution in [-0.4, -0.2) is 17.1 Å². The number of halogens is 1. The first-order valence-electron chi connectivity index (χ1n) is 5.95. The number of hydrogen-bond donors (Lipinski definition) is 1. The zero-order valence-electron chi connectivity index (χ0n) is 11.2. The van der Waals surface area contributed by atoms with E-state index in [1.54, 1.807) is 12.1 Å². The van der Waals surface area contributed by atoms with Gasteiger partial charge in [0.25, 0.3) is 0 Å². The highest BCUT2D eigenvalue weighted by molar-refractivity contribution is 5.58. The van der Waals surface area contributed by atoms with Crippen molar-refractivity contribution in [2.75, 3.05) is 7.11 Å². The Kier molecular flexibility index (Phi) is 3.76. The first-order valence-corrected chi connectivity index (χ1v) is 5.95. The van der Waals surface area contributed by atoms with E-state index < -0.39 is 5.82 Å². The van der Waals surface area contributed by atoms with Crippen LogP contribution in [0.4, 0.5) is 4.39 Å². The number of hydrogen-bond acceptors (Lipinski definition) is 4. The average molecular weight is 261 g/mol. The van der Waals surface area contributed by atoms with Gasteiger partial charge in [-0.05, 0) is 32.0 Å². The predicted octanol–water partition coefficient (Wildman–Crippen LogP) is 2.37. The third-order valence-corrected chi connectivity index (χ3v) is 3.03. The smallest absolute Gasteiger partial charge is 0.165 e. The SMILES string of the molecule is COc1cc(-c2nc(C)c(CN)c(C)n2)ccc1F. The van der Waals surface area contributed by atoms with Crippen molar-refractivity contribution in [1.29, 1.82) is 0 Å². The fourth-order valence-electron chi connectivity index (χ4n) is 1.96. The van der Waals surface area contributed by atoms with E-state index >= 15 is 0 Å². The van der Waals surface area contributed by atoms with Crippen LogP contribution in [0.2, 0.25) is 0 Å². The van der Waals surface area contributed by atoms with E-state index in [1.165, 1.54) is 13.2 Å². The van der Waals surface area contributed by atoms with Gasteiger partial charge < -0.3 is 10.5 Å². The molecule has 1 aromatic carbocycles. The lowest BCUT2D eigenvalue weighted by Gasteiger charge is -2.10. The molecule has 2 N–H and O–H groups in total. The maximum atomic E-state index is 13.4. The zero-order chi connectivity index (χ0) is 14.0. The molecular formula is C14H16FN3O. The van der Waals surface area contributed by atoms with Crippen molar-refractivity contribution in [2.24, 2.45) is 5.73 Å². The Balaban J connectivity index is 2.53. The van der Waals surface area contributed by atoms with Gasteiger partial charge in [-0.15, -0.1) is 0 Å². The standard InChI is InChI=1S/C14H16FN3O/c1-8-11(7-16)9(2)18-14(17-8)10-4-5-12(15)13(6-10)19-3/h4-6H,7,16H2,1-3H3. The summed E-state index contributed by atoms with van der Waals surface area (Å²) in [6.45, 7) is 4.19. The van der Waals surface area contributed by atoms with Crippen LogP contribution in [0, 0.1) is 19.7 Å². The van der Waals surface area contributed by atoms with Crippen molar-refractivity contribution in [3.63, 3.8) is 0 Å². The van der Waals surface area contributed by atoms with Gasteiger partial charge in [0.05, 0.1) is 7.11 Å². The number of nitrogens with two attached hydrogens (primary N) is 1. The topological polar surface area (TPSA) is 61.0 Å². The minimum atomic E-state index is -0.404. The molecule has 0 aliphatic rings. The molecule has 4 nitrogen and oxygen atoms in total. The van der Waals surface area contributed by atoms with Gasteiger partial charge in [-0.3, -0.25) is 0 Å². The molecule has 0 saturated heterocycles. The van der Waals surface area contributed by atoms with Gasteiger partial charge in [-0.25, -0.2) is 14.4 Å². The first-order chi connectivity index (χ1) is 9.06. The lowest BCUT2D eigenvalue weighted by atomic mass is 10.1. The van der Waals surface area contributed by atoms with E-state index in [2.05, 4.69) is 9.97 Å². The first kappa shape index (κ1) is 13.4. The molecule has 0 atom stereocenters. The number of aromatic nitrogens is 2. The van der Waals surface area contributed by atoms with E-state index in [9.17, 15) is 4.39 Å². The third-order valence-electron chi connectivity index (χ3n) is 3.03. The Morgan fingerprint density at radius 1 is 1.21 bits per heavy atom. The summed E-state index contributed by atoms with van der Waals surface area (Å²) in [5.74, 6) is 0.322. The van der Waals surface area contributed by atoms with Crippen LogP contribution in [0.1, 0.15) is 17.0 Å². The van der Waals surface area contributed by atoms with Crippen LogP contribution in [0.3, 0.4) is 0 Å². The van der Waals surface area contributed by atoms with Gasteiger partial charge in [0.15, 0.2) is 17.4 Å².